The summed E-state index contributed by atoms with van der Waals surface area (Å²) in [5.41, 5.74) is 0.904. The quantitative estimate of drug-likeness (QED) is 0.343. The van der Waals surface area contributed by atoms with E-state index in [0.29, 0.717) is 0 Å². The molecule has 0 unspecified atom stereocenters. The van der Waals surface area contributed by atoms with Crippen LogP contribution in [0.15, 0.2) is 73.7 Å². The molecule has 1 rings (SSSR count). The van der Waals surface area contributed by atoms with Gasteiger partial charge in [-0.25, -0.2) is 4.79 Å². The minimum absolute atomic E-state index is 0.233. The zero-order valence-electron chi connectivity index (χ0n) is 10.8. The van der Waals surface area contributed by atoms with Gasteiger partial charge in [-0.15, -0.1) is 0 Å². The summed E-state index contributed by atoms with van der Waals surface area (Å²) in [6, 6.07) is 9.37. The Kier molecular flexibility index (Phi) is 6.91. The third-order valence-electron chi connectivity index (χ3n) is 2.04. The van der Waals surface area contributed by atoms with Crippen LogP contribution in [-0.2, 0) is 14.3 Å². The highest BCUT2D eigenvalue weighted by atomic mass is 16.7. The molecule has 0 aliphatic carbocycles. The largest absolute Gasteiger partial charge is 0.518 e. The van der Waals surface area contributed by atoms with Crippen LogP contribution in [0, 0.1) is 0 Å². The molecule has 0 amide bonds. The monoisotopic (exact) mass is 270 g/mol. The normalized spacial score (nSPS) is 11.0. The molecule has 0 bridgehead atoms. The molecule has 0 heterocycles. The van der Waals surface area contributed by atoms with Crippen LogP contribution in [0.5, 0.6) is 0 Å². The lowest BCUT2D eigenvalue weighted by atomic mass is 10.2. The van der Waals surface area contributed by atoms with E-state index in [1.54, 1.807) is 6.08 Å². The molecule has 0 aromatic heterocycles. The first-order valence-electron chi connectivity index (χ1n) is 5.81. The highest BCUT2D eigenvalue weighted by molar-refractivity contribution is 5.98. The zero-order chi connectivity index (χ0) is 14.6. The molecule has 4 heteroatoms. The maximum atomic E-state index is 11.1. The molecule has 0 aliphatic heterocycles. The number of allylic oxidation sites excluding steroid dienone is 4. The van der Waals surface area contributed by atoms with Crippen molar-refractivity contribution in [1.29, 1.82) is 0 Å². The van der Waals surface area contributed by atoms with E-state index < -0.39 is 6.16 Å². The number of benzene rings is 1. The van der Waals surface area contributed by atoms with Crippen molar-refractivity contribution in [2.45, 2.75) is 0 Å². The fraction of sp³-hybridized carbons (Fsp3) is 0. The Labute approximate surface area is 117 Å². The number of ether oxygens (including phenoxy) is 2. The molecule has 1 aromatic carbocycles. The van der Waals surface area contributed by atoms with Crippen LogP contribution in [-0.4, -0.2) is 11.9 Å². The molecule has 102 valence electrons. The summed E-state index contributed by atoms with van der Waals surface area (Å²) < 4.78 is 9.31. The third kappa shape index (κ3) is 6.76. The van der Waals surface area contributed by atoms with Gasteiger partial charge < -0.3 is 9.47 Å². The second-order valence-corrected chi connectivity index (χ2v) is 3.49. The van der Waals surface area contributed by atoms with Crippen LogP contribution in [0.25, 0.3) is 6.08 Å². The van der Waals surface area contributed by atoms with Gasteiger partial charge in [-0.05, 0) is 29.9 Å². The lowest BCUT2D eigenvalue weighted by Gasteiger charge is -1.96. The van der Waals surface area contributed by atoms with Crippen molar-refractivity contribution in [3.05, 3.63) is 79.3 Å². The van der Waals surface area contributed by atoms with Gasteiger partial charge in [-0.1, -0.05) is 43.0 Å². The van der Waals surface area contributed by atoms with E-state index in [9.17, 15) is 9.59 Å². The van der Waals surface area contributed by atoms with Crippen molar-refractivity contribution in [2.75, 3.05) is 0 Å². The fourth-order valence-electron chi connectivity index (χ4n) is 1.12. The summed E-state index contributed by atoms with van der Waals surface area (Å²) in [5, 5.41) is 0. The molecule has 0 spiro atoms. The second kappa shape index (κ2) is 9.10. The van der Waals surface area contributed by atoms with Crippen LogP contribution >= 0.6 is 0 Å². The molecule has 4 nitrogen and oxygen atoms in total. The van der Waals surface area contributed by atoms with Crippen LogP contribution in [0.1, 0.15) is 5.56 Å². The van der Waals surface area contributed by atoms with E-state index in [-0.39, 0.29) is 5.78 Å². The van der Waals surface area contributed by atoms with Crippen LogP contribution in [0.2, 0.25) is 0 Å². The van der Waals surface area contributed by atoms with Crippen molar-refractivity contribution >= 4 is 18.0 Å². The third-order valence-corrected chi connectivity index (χ3v) is 2.04. The summed E-state index contributed by atoms with van der Waals surface area (Å²) in [7, 11) is 0. The number of carbonyl (C=O) groups excluding carboxylic acids is 2. The Morgan fingerprint density at radius 1 is 1.00 bits per heavy atom. The predicted octanol–water partition coefficient (Wildman–Crippen LogP) is 3.64. The number of carbonyl (C=O) groups is 2. The summed E-state index contributed by atoms with van der Waals surface area (Å²) in [4.78, 5) is 21.9. The van der Waals surface area contributed by atoms with Crippen LogP contribution in [0.4, 0.5) is 4.79 Å². The van der Waals surface area contributed by atoms with Gasteiger partial charge in [-0.3, -0.25) is 4.79 Å². The molecule has 20 heavy (non-hydrogen) atoms. The average Bonchev–Trinajstić information content (AvgIpc) is 2.47. The van der Waals surface area contributed by atoms with E-state index in [0.717, 1.165) is 11.8 Å². The Morgan fingerprint density at radius 2 is 1.70 bits per heavy atom. The first kappa shape index (κ1) is 15.2. The minimum Gasteiger partial charge on any atom is -0.403 e. The van der Waals surface area contributed by atoms with Gasteiger partial charge in [0.2, 0.25) is 0 Å². The van der Waals surface area contributed by atoms with Crippen molar-refractivity contribution in [1.82, 2.24) is 0 Å². The molecule has 0 atom stereocenters. The summed E-state index contributed by atoms with van der Waals surface area (Å²) >= 11 is 0. The van der Waals surface area contributed by atoms with E-state index >= 15 is 0 Å². The Balaban J connectivity index is 2.29. The SMILES string of the molecule is C=CC(=O)C=CC=COC(=O)OC=Cc1ccccc1. The van der Waals surface area contributed by atoms with Gasteiger partial charge in [0.05, 0.1) is 12.5 Å². The van der Waals surface area contributed by atoms with Gasteiger partial charge in [-0.2, -0.15) is 0 Å². The molecule has 1 aromatic rings. The van der Waals surface area contributed by atoms with E-state index in [1.807, 2.05) is 30.3 Å². The van der Waals surface area contributed by atoms with Crippen molar-refractivity contribution in [3.8, 4) is 0 Å². The number of hydrogen-bond donors (Lipinski definition) is 0. The summed E-state index contributed by atoms with van der Waals surface area (Å²) in [6.45, 7) is 3.31. The number of rotatable bonds is 6. The first-order valence-corrected chi connectivity index (χ1v) is 5.81. The molecule has 0 N–H and O–H groups in total. The maximum Gasteiger partial charge on any atom is 0.518 e. The fourth-order valence-corrected chi connectivity index (χ4v) is 1.12. The number of hydrogen-bond acceptors (Lipinski definition) is 4. The Bertz CT molecular complexity index is 539. The average molecular weight is 270 g/mol. The standard InChI is InChI=1S/C16H14O4/c1-2-15(17)10-6-7-12-19-16(18)20-13-11-14-8-4-3-5-9-14/h2-13H,1H2. The van der Waals surface area contributed by atoms with Gasteiger partial charge in [0.15, 0.2) is 5.78 Å². The van der Waals surface area contributed by atoms with Crippen LogP contribution < -0.4 is 0 Å². The molecule has 0 radical (unpaired) electrons. The number of ketones is 1. The minimum atomic E-state index is -0.864. The van der Waals surface area contributed by atoms with E-state index in [1.165, 1.54) is 30.6 Å². The van der Waals surface area contributed by atoms with Gasteiger partial charge in [0, 0.05) is 0 Å². The lowest BCUT2D eigenvalue weighted by molar-refractivity contribution is -0.110. The van der Waals surface area contributed by atoms with Crippen LogP contribution in [0.3, 0.4) is 0 Å². The summed E-state index contributed by atoms with van der Waals surface area (Å²) in [5.74, 6) is -0.233. The summed E-state index contributed by atoms with van der Waals surface area (Å²) in [6.07, 6.45) is 8.40. The van der Waals surface area contributed by atoms with Crippen molar-refractivity contribution < 1.29 is 19.1 Å². The molecular formula is C16H14O4. The highest BCUT2D eigenvalue weighted by Gasteiger charge is 1.96. The molecule has 0 saturated carbocycles. The van der Waals surface area contributed by atoms with Gasteiger partial charge >= 0.3 is 6.16 Å². The first-order chi connectivity index (χ1) is 9.72. The smallest absolute Gasteiger partial charge is 0.403 e. The topological polar surface area (TPSA) is 52.6 Å². The zero-order valence-corrected chi connectivity index (χ0v) is 10.8. The molecule has 0 saturated heterocycles. The second-order valence-electron chi connectivity index (χ2n) is 3.49. The highest BCUT2D eigenvalue weighted by Crippen LogP contribution is 2.01. The predicted molar refractivity (Wildman–Crippen MR) is 76.5 cm³/mol. The van der Waals surface area contributed by atoms with E-state index in [4.69, 9.17) is 4.74 Å². The van der Waals surface area contributed by atoms with Gasteiger partial charge in [0.25, 0.3) is 0 Å². The van der Waals surface area contributed by atoms with Crippen molar-refractivity contribution in [3.63, 3.8) is 0 Å². The van der Waals surface area contributed by atoms with Crippen molar-refractivity contribution in [2.24, 2.45) is 0 Å². The molecule has 0 fully saturated rings. The van der Waals surface area contributed by atoms with Gasteiger partial charge in [0.1, 0.15) is 0 Å². The lowest BCUT2D eigenvalue weighted by Crippen LogP contribution is -1.97. The molecule has 0 aliphatic rings. The molecular weight excluding hydrogens is 256 g/mol. The maximum absolute atomic E-state index is 11.1. The Morgan fingerprint density at radius 3 is 2.40 bits per heavy atom. The Hall–Kier alpha value is -2.88. The van der Waals surface area contributed by atoms with E-state index in [2.05, 4.69) is 11.3 Å².